The van der Waals surface area contributed by atoms with Crippen LogP contribution < -0.4 is 0 Å². The van der Waals surface area contributed by atoms with Crippen LogP contribution in [-0.4, -0.2) is 35.3 Å². The van der Waals surface area contributed by atoms with E-state index in [1.54, 1.807) is 4.90 Å². The zero-order valence-corrected chi connectivity index (χ0v) is 15.4. The van der Waals surface area contributed by atoms with Gasteiger partial charge in [0.1, 0.15) is 6.61 Å². The van der Waals surface area contributed by atoms with E-state index in [9.17, 15) is 9.90 Å². The number of carbonyl (C=O) groups is 1. The van der Waals surface area contributed by atoms with Crippen LogP contribution in [0.1, 0.15) is 19.4 Å². The van der Waals surface area contributed by atoms with Crippen molar-refractivity contribution < 1.29 is 14.6 Å². The molecule has 1 saturated heterocycles. The van der Waals surface area contributed by atoms with Crippen LogP contribution in [0.5, 0.6) is 0 Å². The molecule has 1 N–H and O–H groups in total. The van der Waals surface area contributed by atoms with Crippen molar-refractivity contribution in [3.05, 3.63) is 60.2 Å². The molecule has 0 bridgehead atoms. The zero-order chi connectivity index (χ0) is 18.3. The molecule has 0 radical (unpaired) electrons. The van der Waals surface area contributed by atoms with E-state index >= 15 is 0 Å². The van der Waals surface area contributed by atoms with E-state index in [4.69, 9.17) is 4.74 Å². The van der Waals surface area contributed by atoms with Crippen molar-refractivity contribution in [2.75, 3.05) is 13.2 Å². The van der Waals surface area contributed by atoms with E-state index in [-0.39, 0.29) is 36.7 Å². The van der Waals surface area contributed by atoms with E-state index in [1.165, 1.54) is 0 Å². The van der Waals surface area contributed by atoms with Gasteiger partial charge in [-0.15, -0.1) is 0 Å². The Balaban J connectivity index is 1.52. The highest BCUT2D eigenvalue weighted by Crippen LogP contribution is 2.60. The van der Waals surface area contributed by atoms with Gasteiger partial charge in [-0.2, -0.15) is 0 Å². The summed E-state index contributed by atoms with van der Waals surface area (Å²) in [5.74, 6) is 1.50. The Labute approximate surface area is 155 Å². The second kappa shape index (κ2) is 6.58. The number of rotatable bonds is 3. The molecule has 0 spiro atoms. The molecule has 2 fully saturated rings. The Morgan fingerprint density at radius 1 is 1.23 bits per heavy atom. The average Bonchev–Trinajstić information content (AvgIpc) is 3.16. The SMILES string of the molecule is CC1(C)C2CN(C(=O)OCc3ccccc3)[C@H](CO)C2[C@H]2C=CC=CC21. The highest BCUT2D eigenvalue weighted by Gasteiger charge is 2.61. The molecule has 5 atom stereocenters. The molecular weight excluding hydrogens is 326 g/mol. The fourth-order valence-corrected chi connectivity index (χ4v) is 5.42. The van der Waals surface area contributed by atoms with Gasteiger partial charge in [0, 0.05) is 6.54 Å². The van der Waals surface area contributed by atoms with Crippen molar-refractivity contribution in [2.45, 2.75) is 26.5 Å². The smallest absolute Gasteiger partial charge is 0.410 e. The van der Waals surface area contributed by atoms with Crippen molar-refractivity contribution in [1.82, 2.24) is 4.90 Å². The number of likely N-dealkylation sites (tertiary alicyclic amines) is 1. The summed E-state index contributed by atoms with van der Waals surface area (Å²) >= 11 is 0. The molecule has 1 aromatic rings. The number of ether oxygens (including phenoxy) is 1. The number of hydrogen-bond acceptors (Lipinski definition) is 3. The number of carbonyl (C=O) groups excluding carboxylic acids is 1. The van der Waals surface area contributed by atoms with Gasteiger partial charge in [-0.1, -0.05) is 68.5 Å². The third-order valence-corrected chi connectivity index (χ3v) is 6.77. The van der Waals surface area contributed by atoms with Gasteiger partial charge in [0.05, 0.1) is 12.6 Å². The maximum Gasteiger partial charge on any atom is 0.410 e. The van der Waals surface area contributed by atoms with Crippen molar-refractivity contribution in [1.29, 1.82) is 0 Å². The van der Waals surface area contributed by atoms with E-state index in [2.05, 4.69) is 38.2 Å². The van der Waals surface area contributed by atoms with Crippen molar-refractivity contribution in [3.8, 4) is 0 Å². The minimum Gasteiger partial charge on any atom is -0.445 e. The molecule has 26 heavy (non-hydrogen) atoms. The van der Waals surface area contributed by atoms with Gasteiger partial charge in [-0.3, -0.25) is 0 Å². The largest absolute Gasteiger partial charge is 0.445 e. The van der Waals surface area contributed by atoms with Gasteiger partial charge >= 0.3 is 6.09 Å². The number of allylic oxidation sites excluding steroid dienone is 4. The first-order valence-electron chi connectivity index (χ1n) is 9.47. The molecular formula is C22H27NO3. The summed E-state index contributed by atoms with van der Waals surface area (Å²) in [5.41, 5.74) is 1.07. The van der Waals surface area contributed by atoms with Crippen molar-refractivity contribution in [3.63, 3.8) is 0 Å². The monoisotopic (exact) mass is 353 g/mol. The summed E-state index contributed by atoms with van der Waals surface area (Å²) in [6.45, 7) is 5.50. The lowest BCUT2D eigenvalue weighted by atomic mass is 9.73. The van der Waals surface area contributed by atoms with E-state index < -0.39 is 0 Å². The van der Waals surface area contributed by atoms with Gasteiger partial charge < -0.3 is 14.7 Å². The lowest BCUT2D eigenvalue weighted by Gasteiger charge is -2.35. The number of fused-ring (bicyclic) bond motifs is 3. The minimum atomic E-state index is -0.315. The number of amides is 1. The second-order valence-electron chi connectivity index (χ2n) is 8.32. The van der Waals surface area contributed by atoms with Crippen LogP contribution in [0.3, 0.4) is 0 Å². The first kappa shape index (κ1) is 17.3. The topological polar surface area (TPSA) is 49.8 Å². The quantitative estimate of drug-likeness (QED) is 0.903. The fraction of sp³-hybridized carbons (Fsp3) is 0.500. The molecule has 1 aromatic carbocycles. The van der Waals surface area contributed by atoms with Gasteiger partial charge in [-0.05, 0) is 34.7 Å². The number of aliphatic hydroxyl groups excluding tert-OH is 1. The Morgan fingerprint density at radius 2 is 1.96 bits per heavy atom. The normalized spacial score (nSPS) is 33.8. The predicted octanol–water partition coefficient (Wildman–Crippen LogP) is 3.63. The Kier molecular flexibility index (Phi) is 4.39. The molecule has 4 nitrogen and oxygen atoms in total. The molecule has 1 amide bonds. The molecule has 1 aliphatic heterocycles. The molecule has 3 aliphatic rings. The van der Waals surface area contributed by atoms with Gasteiger partial charge in [0.25, 0.3) is 0 Å². The summed E-state index contributed by atoms with van der Waals surface area (Å²) < 4.78 is 5.56. The highest BCUT2D eigenvalue weighted by atomic mass is 16.6. The summed E-state index contributed by atoms with van der Waals surface area (Å²) in [7, 11) is 0. The third-order valence-electron chi connectivity index (χ3n) is 6.77. The maximum absolute atomic E-state index is 12.8. The zero-order valence-electron chi connectivity index (χ0n) is 15.4. The van der Waals surface area contributed by atoms with Crippen LogP contribution >= 0.6 is 0 Å². The van der Waals surface area contributed by atoms with E-state index in [0.29, 0.717) is 24.3 Å². The molecule has 0 aromatic heterocycles. The number of nitrogens with zero attached hydrogens (tertiary/aromatic N) is 1. The third kappa shape index (κ3) is 2.67. The summed E-state index contributed by atoms with van der Waals surface area (Å²) in [4.78, 5) is 14.5. The molecule has 138 valence electrons. The lowest BCUT2D eigenvalue weighted by Crippen LogP contribution is -2.43. The van der Waals surface area contributed by atoms with E-state index in [1.807, 2.05) is 30.3 Å². The van der Waals surface area contributed by atoms with Crippen molar-refractivity contribution >= 4 is 6.09 Å². The predicted molar refractivity (Wildman–Crippen MR) is 100 cm³/mol. The maximum atomic E-state index is 12.8. The Hall–Kier alpha value is -2.07. The van der Waals surface area contributed by atoms with Crippen LogP contribution in [0.4, 0.5) is 4.79 Å². The van der Waals surface area contributed by atoms with Crippen molar-refractivity contribution in [2.24, 2.45) is 29.1 Å². The Morgan fingerprint density at radius 3 is 2.69 bits per heavy atom. The van der Waals surface area contributed by atoms with E-state index in [0.717, 1.165) is 5.56 Å². The summed E-state index contributed by atoms with van der Waals surface area (Å²) in [5, 5.41) is 10.1. The molecule has 4 heteroatoms. The highest BCUT2D eigenvalue weighted by molar-refractivity contribution is 5.69. The summed E-state index contributed by atoms with van der Waals surface area (Å²) in [6.07, 6.45) is 8.48. The number of aliphatic hydroxyl groups is 1. The molecule has 3 unspecified atom stereocenters. The number of hydrogen-bond donors (Lipinski definition) is 1. The standard InChI is InChI=1S/C22H27NO3/c1-22(2)17-11-7-6-10-16(17)20-18(22)12-23(19(20)13-24)21(25)26-14-15-8-4-3-5-9-15/h3-11,16-20,24H,12-14H2,1-2H3/t16-,17?,18?,19+,20?/m0/s1. The van der Waals surface area contributed by atoms with Crippen LogP contribution in [0.15, 0.2) is 54.6 Å². The first-order chi connectivity index (χ1) is 12.5. The van der Waals surface area contributed by atoms with Crippen LogP contribution in [-0.2, 0) is 11.3 Å². The van der Waals surface area contributed by atoms with Gasteiger partial charge in [0.2, 0.25) is 0 Å². The van der Waals surface area contributed by atoms with Gasteiger partial charge in [0.15, 0.2) is 0 Å². The lowest BCUT2D eigenvalue weighted by molar-refractivity contribution is 0.0650. The Bertz CT molecular complexity index is 724. The molecule has 1 heterocycles. The van der Waals surface area contributed by atoms with Gasteiger partial charge in [-0.25, -0.2) is 4.79 Å². The number of benzene rings is 1. The first-order valence-corrected chi connectivity index (χ1v) is 9.47. The van der Waals surface area contributed by atoms with Crippen LogP contribution in [0.2, 0.25) is 0 Å². The van der Waals surface area contributed by atoms with Crippen LogP contribution in [0.25, 0.3) is 0 Å². The summed E-state index contributed by atoms with van der Waals surface area (Å²) in [6, 6.07) is 9.54. The average molecular weight is 353 g/mol. The molecule has 4 rings (SSSR count). The fourth-order valence-electron chi connectivity index (χ4n) is 5.42. The molecule has 1 saturated carbocycles. The second-order valence-corrected chi connectivity index (χ2v) is 8.32. The molecule has 2 aliphatic carbocycles. The van der Waals surface area contributed by atoms with Crippen LogP contribution in [0, 0.1) is 29.1 Å². The minimum absolute atomic E-state index is 0.0154.